The molecule has 0 saturated carbocycles. The SMILES string of the molecule is CCCCCCCCCCC(=O)NC(CO)C(O)CCCCCCCC. The molecule has 0 spiro atoms. The van der Waals surface area contributed by atoms with Gasteiger partial charge in [0.1, 0.15) is 0 Å². The average Bonchev–Trinajstić information content (AvgIpc) is 2.64. The minimum atomic E-state index is -0.645. The highest BCUT2D eigenvalue weighted by Gasteiger charge is 2.19. The average molecular weight is 372 g/mol. The molecule has 0 aromatic heterocycles. The number of unbranched alkanes of at least 4 members (excludes halogenated alkanes) is 12. The molecule has 2 unspecified atom stereocenters. The molecule has 0 saturated heterocycles. The smallest absolute Gasteiger partial charge is 0.220 e. The van der Waals surface area contributed by atoms with Gasteiger partial charge >= 0.3 is 0 Å². The third-order valence-corrected chi connectivity index (χ3v) is 5.12. The molecular formula is C22H45NO3. The van der Waals surface area contributed by atoms with E-state index in [4.69, 9.17) is 0 Å². The van der Waals surface area contributed by atoms with Crippen LogP contribution in [-0.2, 0) is 4.79 Å². The van der Waals surface area contributed by atoms with Crippen molar-refractivity contribution < 1.29 is 15.0 Å². The Hall–Kier alpha value is -0.610. The Labute approximate surface area is 162 Å². The number of hydrogen-bond acceptors (Lipinski definition) is 3. The molecular weight excluding hydrogens is 326 g/mol. The first-order valence-corrected chi connectivity index (χ1v) is 11.2. The highest BCUT2D eigenvalue weighted by molar-refractivity contribution is 5.76. The largest absolute Gasteiger partial charge is 0.394 e. The maximum Gasteiger partial charge on any atom is 0.220 e. The van der Waals surface area contributed by atoms with Crippen molar-refractivity contribution in [2.45, 2.75) is 129 Å². The van der Waals surface area contributed by atoms with Gasteiger partial charge in [-0.05, 0) is 12.8 Å². The van der Waals surface area contributed by atoms with Crippen LogP contribution in [0.2, 0.25) is 0 Å². The Morgan fingerprint density at radius 1 is 0.769 bits per heavy atom. The maximum absolute atomic E-state index is 12.0. The zero-order chi connectivity index (χ0) is 19.5. The summed E-state index contributed by atoms with van der Waals surface area (Å²) in [6, 6.07) is -0.521. The van der Waals surface area contributed by atoms with Gasteiger partial charge in [0.2, 0.25) is 5.91 Å². The molecule has 1 amide bonds. The van der Waals surface area contributed by atoms with Crippen LogP contribution in [0.4, 0.5) is 0 Å². The van der Waals surface area contributed by atoms with Gasteiger partial charge in [-0.15, -0.1) is 0 Å². The van der Waals surface area contributed by atoms with Crippen molar-refractivity contribution >= 4 is 5.91 Å². The molecule has 0 aromatic rings. The maximum atomic E-state index is 12.0. The quantitative estimate of drug-likeness (QED) is 0.276. The van der Waals surface area contributed by atoms with Crippen LogP contribution >= 0.6 is 0 Å². The number of hydrogen-bond donors (Lipinski definition) is 3. The van der Waals surface area contributed by atoms with Gasteiger partial charge < -0.3 is 15.5 Å². The predicted molar refractivity (Wildman–Crippen MR) is 110 cm³/mol. The molecule has 0 rings (SSSR count). The van der Waals surface area contributed by atoms with Gasteiger partial charge in [-0.3, -0.25) is 4.79 Å². The van der Waals surface area contributed by atoms with Crippen molar-refractivity contribution in [1.82, 2.24) is 5.32 Å². The molecule has 0 heterocycles. The van der Waals surface area contributed by atoms with Crippen molar-refractivity contribution in [3.05, 3.63) is 0 Å². The molecule has 0 aliphatic heterocycles. The van der Waals surface area contributed by atoms with Gasteiger partial charge in [0, 0.05) is 6.42 Å². The van der Waals surface area contributed by atoms with E-state index in [-0.39, 0.29) is 12.5 Å². The van der Waals surface area contributed by atoms with Crippen molar-refractivity contribution in [2.75, 3.05) is 6.61 Å². The van der Waals surface area contributed by atoms with E-state index < -0.39 is 12.1 Å². The summed E-state index contributed by atoms with van der Waals surface area (Å²) in [5, 5.41) is 22.5. The number of aliphatic hydroxyl groups is 2. The standard InChI is InChI=1S/C22H45NO3/c1-3-5-7-9-11-12-14-16-18-22(26)23-20(19-24)21(25)17-15-13-10-8-6-4-2/h20-21,24-25H,3-19H2,1-2H3,(H,23,26). The van der Waals surface area contributed by atoms with Crippen LogP contribution in [0.15, 0.2) is 0 Å². The van der Waals surface area contributed by atoms with Crippen molar-refractivity contribution in [3.63, 3.8) is 0 Å². The summed E-state index contributed by atoms with van der Waals surface area (Å²) < 4.78 is 0. The highest BCUT2D eigenvalue weighted by Crippen LogP contribution is 2.12. The summed E-state index contributed by atoms with van der Waals surface area (Å²) in [5.74, 6) is -0.0444. The number of carbonyl (C=O) groups is 1. The van der Waals surface area contributed by atoms with Crippen LogP contribution in [0, 0.1) is 0 Å². The normalized spacial score (nSPS) is 13.5. The molecule has 0 radical (unpaired) electrons. The Morgan fingerprint density at radius 2 is 1.23 bits per heavy atom. The van der Waals surface area contributed by atoms with E-state index in [9.17, 15) is 15.0 Å². The zero-order valence-corrected chi connectivity index (χ0v) is 17.5. The van der Waals surface area contributed by atoms with Crippen LogP contribution in [-0.4, -0.2) is 34.9 Å². The Morgan fingerprint density at radius 3 is 1.73 bits per heavy atom. The lowest BCUT2D eigenvalue weighted by atomic mass is 10.0. The number of amides is 1. The molecule has 4 heteroatoms. The van der Waals surface area contributed by atoms with E-state index >= 15 is 0 Å². The van der Waals surface area contributed by atoms with E-state index in [1.165, 1.54) is 64.2 Å². The molecule has 0 aromatic carbocycles. The first-order valence-electron chi connectivity index (χ1n) is 11.2. The molecule has 156 valence electrons. The van der Waals surface area contributed by atoms with Crippen LogP contribution < -0.4 is 5.32 Å². The summed E-state index contributed by atoms with van der Waals surface area (Å²) in [4.78, 5) is 12.0. The number of aliphatic hydroxyl groups excluding tert-OH is 2. The summed E-state index contributed by atoms with van der Waals surface area (Å²) in [5.41, 5.74) is 0. The van der Waals surface area contributed by atoms with E-state index in [1.54, 1.807) is 0 Å². The van der Waals surface area contributed by atoms with Crippen molar-refractivity contribution in [2.24, 2.45) is 0 Å². The minimum absolute atomic E-state index is 0.0444. The number of carbonyl (C=O) groups excluding carboxylic acids is 1. The second-order valence-corrected chi connectivity index (χ2v) is 7.71. The summed E-state index contributed by atoms with van der Waals surface area (Å²) in [7, 11) is 0. The first kappa shape index (κ1) is 25.4. The Kier molecular flexibility index (Phi) is 18.7. The van der Waals surface area contributed by atoms with E-state index in [0.717, 1.165) is 25.7 Å². The van der Waals surface area contributed by atoms with Crippen LogP contribution in [0.3, 0.4) is 0 Å². The first-order chi connectivity index (χ1) is 12.7. The van der Waals surface area contributed by atoms with Gasteiger partial charge in [-0.25, -0.2) is 0 Å². The second-order valence-electron chi connectivity index (χ2n) is 7.71. The third-order valence-electron chi connectivity index (χ3n) is 5.12. The highest BCUT2D eigenvalue weighted by atomic mass is 16.3. The van der Waals surface area contributed by atoms with Crippen LogP contribution in [0.1, 0.15) is 117 Å². The lowest BCUT2D eigenvalue weighted by Crippen LogP contribution is -2.45. The fourth-order valence-corrected chi connectivity index (χ4v) is 3.30. The summed E-state index contributed by atoms with van der Waals surface area (Å²) in [6.07, 6.45) is 17.2. The molecule has 4 nitrogen and oxygen atoms in total. The van der Waals surface area contributed by atoms with Gasteiger partial charge in [0.05, 0.1) is 18.8 Å². The van der Waals surface area contributed by atoms with Gasteiger partial charge in [0.25, 0.3) is 0 Å². The van der Waals surface area contributed by atoms with Gasteiger partial charge in [-0.2, -0.15) is 0 Å². The molecule has 2 atom stereocenters. The van der Waals surface area contributed by atoms with E-state index in [1.807, 2.05) is 0 Å². The van der Waals surface area contributed by atoms with Crippen LogP contribution in [0.25, 0.3) is 0 Å². The minimum Gasteiger partial charge on any atom is -0.394 e. The number of nitrogens with one attached hydrogen (secondary N) is 1. The molecule has 0 fully saturated rings. The number of rotatable bonds is 19. The van der Waals surface area contributed by atoms with Gasteiger partial charge in [-0.1, -0.05) is 97.3 Å². The monoisotopic (exact) mass is 371 g/mol. The topological polar surface area (TPSA) is 69.6 Å². The van der Waals surface area contributed by atoms with Crippen LogP contribution in [0.5, 0.6) is 0 Å². The van der Waals surface area contributed by atoms with Gasteiger partial charge in [0.15, 0.2) is 0 Å². The second kappa shape index (κ2) is 19.2. The molecule has 3 N–H and O–H groups in total. The van der Waals surface area contributed by atoms with Crippen molar-refractivity contribution in [3.8, 4) is 0 Å². The Bertz CT molecular complexity index is 310. The summed E-state index contributed by atoms with van der Waals surface area (Å²) >= 11 is 0. The lowest BCUT2D eigenvalue weighted by Gasteiger charge is -2.22. The predicted octanol–water partition coefficient (Wildman–Crippen LogP) is 5.11. The fourth-order valence-electron chi connectivity index (χ4n) is 3.30. The molecule has 26 heavy (non-hydrogen) atoms. The molecule has 0 aliphatic carbocycles. The van der Waals surface area contributed by atoms with Crippen molar-refractivity contribution in [1.29, 1.82) is 0 Å². The van der Waals surface area contributed by atoms with E-state index in [2.05, 4.69) is 19.2 Å². The zero-order valence-electron chi connectivity index (χ0n) is 17.5. The fraction of sp³-hybridized carbons (Fsp3) is 0.955. The molecule has 0 bridgehead atoms. The van der Waals surface area contributed by atoms with E-state index in [0.29, 0.717) is 12.8 Å². The lowest BCUT2D eigenvalue weighted by molar-refractivity contribution is -0.123. The summed E-state index contributed by atoms with van der Waals surface area (Å²) in [6.45, 7) is 4.23. The third kappa shape index (κ3) is 15.6. The Balaban J connectivity index is 3.70. The molecule has 0 aliphatic rings.